The highest BCUT2D eigenvalue weighted by atomic mass is 16.3. The number of nitrogens with zero attached hydrogens (tertiary/aromatic N) is 2. The topological polar surface area (TPSA) is 84.1 Å². The van der Waals surface area contributed by atoms with Gasteiger partial charge in [-0.25, -0.2) is 9.97 Å². The lowest BCUT2D eigenvalue weighted by Gasteiger charge is -2.34. The molecule has 1 aromatic heterocycles. The van der Waals surface area contributed by atoms with Crippen molar-refractivity contribution in [2.24, 2.45) is 5.92 Å². The zero-order chi connectivity index (χ0) is 12.3. The molecule has 5 heteroatoms. The molecular formula is C12H20N4O. The number of rotatable bonds is 3. The van der Waals surface area contributed by atoms with E-state index in [0.717, 1.165) is 31.6 Å². The maximum absolute atomic E-state index is 10.4. The Morgan fingerprint density at radius 2 is 2.00 bits per heavy atom. The molecule has 1 aliphatic carbocycles. The zero-order valence-electron chi connectivity index (χ0n) is 10.2. The van der Waals surface area contributed by atoms with Crippen molar-refractivity contribution < 1.29 is 5.11 Å². The maximum Gasteiger partial charge on any atom is 0.222 e. The van der Waals surface area contributed by atoms with Crippen molar-refractivity contribution in [3.63, 3.8) is 0 Å². The van der Waals surface area contributed by atoms with Gasteiger partial charge in [0.05, 0.1) is 23.7 Å². The fourth-order valence-corrected chi connectivity index (χ4v) is 2.15. The van der Waals surface area contributed by atoms with Gasteiger partial charge in [-0.1, -0.05) is 6.92 Å². The average molecular weight is 236 g/mol. The van der Waals surface area contributed by atoms with E-state index in [1.807, 2.05) is 0 Å². The Labute approximate surface area is 101 Å². The fraction of sp³-hybridized carbons (Fsp3) is 0.667. The molecule has 0 atom stereocenters. The lowest BCUT2D eigenvalue weighted by molar-refractivity contribution is 0.00488. The maximum atomic E-state index is 10.4. The Balaban J connectivity index is 1.87. The third kappa shape index (κ3) is 3.30. The highest BCUT2D eigenvalue weighted by molar-refractivity contribution is 5.36. The van der Waals surface area contributed by atoms with Crippen LogP contribution in [0.25, 0.3) is 0 Å². The van der Waals surface area contributed by atoms with Gasteiger partial charge in [0.15, 0.2) is 0 Å². The van der Waals surface area contributed by atoms with Gasteiger partial charge in [0.2, 0.25) is 5.95 Å². The van der Waals surface area contributed by atoms with Crippen molar-refractivity contribution in [3.8, 4) is 0 Å². The Kier molecular flexibility index (Phi) is 3.47. The van der Waals surface area contributed by atoms with E-state index in [1.165, 1.54) is 0 Å². The van der Waals surface area contributed by atoms with Gasteiger partial charge in [0, 0.05) is 6.54 Å². The Morgan fingerprint density at radius 1 is 1.41 bits per heavy atom. The van der Waals surface area contributed by atoms with E-state index in [0.29, 0.717) is 18.2 Å². The molecule has 0 spiro atoms. The van der Waals surface area contributed by atoms with Gasteiger partial charge in [-0.3, -0.25) is 0 Å². The summed E-state index contributed by atoms with van der Waals surface area (Å²) in [6.45, 7) is 2.74. The van der Waals surface area contributed by atoms with Crippen LogP contribution in [0.3, 0.4) is 0 Å². The molecule has 4 N–H and O–H groups in total. The van der Waals surface area contributed by atoms with Crippen molar-refractivity contribution in [1.82, 2.24) is 9.97 Å². The molecule has 94 valence electrons. The van der Waals surface area contributed by atoms with E-state index in [4.69, 9.17) is 5.73 Å². The van der Waals surface area contributed by atoms with Gasteiger partial charge in [0.1, 0.15) is 0 Å². The molecule has 0 saturated heterocycles. The van der Waals surface area contributed by atoms with Crippen molar-refractivity contribution in [1.29, 1.82) is 0 Å². The van der Waals surface area contributed by atoms with Crippen LogP contribution in [0.2, 0.25) is 0 Å². The minimum atomic E-state index is -0.614. The first kappa shape index (κ1) is 12.1. The smallest absolute Gasteiger partial charge is 0.222 e. The standard InChI is InChI=1S/C12H20N4O/c1-9-2-4-12(17,5-3-9)8-16-11-14-6-10(13)7-15-11/h6-7,9,17H,2-5,8,13H2,1H3,(H,14,15,16). The number of nitrogens with two attached hydrogens (primary N) is 1. The number of anilines is 2. The molecule has 0 amide bonds. The minimum Gasteiger partial charge on any atom is -0.396 e. The van der Waals surface area contributed by atoms with E-state index in [2.05, 4.69) is 22.2 Å². The van der Waals surface area contributed by atoms with Crippen molar-refractivity contribution >= 4 is 11.6 Å². The van der Waals surface area contributed by atoms with E-state index < -0.39 is 5.60 Å². The summed E-state index contributed by atoms with van der Waals surface area (Å²) < 4.78 is 0. The van der Waals surface area contributed by atoms with E-state index in [9.17, 15) is 5.11 Å². The zero-order valence-corrected chi connectivity index (χ0v) is 10.2. The number of hydrogen-bond acceptors (Lipinski definition) is 5. The summed E-state index contributed by atoms with van der Waals surface area (Å²) in [4.78, 5) is 8.10. The molecular weight excluding hydrogens is 216 g/mol. The SMILES string of the molecule is CC1CCC(O)(CNc2ncc(N)cn2)CC1. The fourth-order valence-electron chi connectivity index (χ4n) is 2.15. The Bertz CT molecular complexity index is 357. The number of nitrogen functional groups attached to an aromatic ring is 1. The van der Waals surface area contributed by atoms with Gasteiger partial charge >= 0.3 is 0 Å². The number of aliphatic hydroxyl groups is 1. The predicted octanol–water partition coefficient (Wildman–Crippen LogP) is 1.41. The largest absolute Gasteiger partial charge is 0.396 e. The first-order valence-electron chi connectivity index (χ1n) is 6.11. The summed E-state index contributed by atoms with van der Waals surface area (Å²) in [6, 6.07) is 0. The Morgan fingerprint density at radius 3 is 2.59 bits per heavy atom. The van der Waals surface area contributed by atoms with Gasteiger partial charge in [-0.2, -0.15) is 0 Å². The molecule has 5 nitrogen and oxygen atoms in total. The molecule has 0 aromatic carbocycles. The Hall–Kier alpha value is -1.36. The van der Waals surface area contributed by atoms with Gasteiger partial charge in [-0.15, -0.1) is 0 Å². The third-order valence-electron chi connectivity index (χ3n) is 3.45. The quantitative estimate of drug-likeness (QED) is 0.739. The normalized spacial score (nSPS) is 28.9. The van der Waals surface area contributed by atoms with Gasteiger partial charge in [0.25, 0.3) is 0 Å². The summed E-state index contributed by atoms with van der Waals surface area (Å²) in [6.07, 6.45) is 6.97. The molecule has 0 unspecified atom stereocenters. The van der Waals surface area contributed by atoms with E-state index >= 15 is 0 Å². The van der Waals surface area contributed by atoms with Crippen LogP contribution >= 0.6 is 0 Å². The average Bonchev–Trinajstić information content (AvgIpc) is 2.33. The van der Waals surface area contributed by atoms with Crippen molar-refractivity contribution in [3.05, 3.63) is 12.4 Å². The highest BCUT2D eigenvalue weighted by Crippen LogP contribution is 2.31. The summed E-state index contributed by atoms with van der Waals surface area (Å²) >= 11 is 0. The van der Waals surface area contributed by atoms with Crippen molar-refractivity contribution in [2.75, 3.05) is 17.6 Å². The summed E-state index contributed by atoms with van der Waals surface area (Å²) in [7, 11) is 0. The molecule has 1 heterocycles. The van der Waals surface area contributed by atoms with E-state index in [1.54, 1.807) is 12.4 Å². The first-order chi connectivity index (χ1) is 8.07. The molecule has 2 rings (SSSR count). The molecule has 1 fully saturated rings. The van der Waals surface area contributed by atoms with Crippen LogP contribution in [0.5, 0.6) is 0 Å². The lowest BCUT2D eigenvalue weighted by Crippen LogP contribution is -2.40. The van der Waals surface area contributed by atoms with E-state index in [-0.39, 0.29) is 0 Å². The number of aromatic nitrogens is 2. The molecule has 1 aliphatic rings. The number of nitrogens with one attached hydrogen (secondary N) is 1. The van der Waals surface area contributed by atoms with Gasteiger partial charge in [-0.05, 0) is 31.6 Å². The first-order valence-corrected chi connectivity index (χ1v) is 6.11. The molecule has 1 aromatic rings. The van der Waals surface area contributed by atoms with Crippen LogP contribution in [0.1, 0.15) is 32.6 Å². The van der Waals surface area contributed by atoms with Crippen LogP contribution in [0, 0.1) is 5.92 Å². The van der Waals surface area contributed by atoms with Crippen molar-refractivity contribution in [2.45, 2.75) is 38.2 Å². The second kappa shape index (κ2) is 4.87. The van der Waals surface area contributed by atoms with Crippen LogP contribution in [-0.2, 0) is 0 Å². The molecule has 1 saturated carbocycles. The van der Waals surface area contributed by atoms with Crippen LogP contribution < -0.4 is 11.1 Å². The predicted molar refractivity (Wildman–Crippen MR) is 67.5 cm³/mol. The highest BCUT2D eigenvalue weighted by Gasteiger charge is 2.31. The minimum absolute atomic E-state index is 0.504. The molecule has 0 bridgehead atoms. The summed E-state index contributed by atoms with van der Waals surface area (Å²) in [5.74, 6) is 1.24. The monoisotopic (exact) mass is 236 g/mol. The second-order valence-corrected chi connectivity index (χ2v) is 5.10. The lowest BCUT2D eigenvalue weighted by atomic mass is 9.79. The summed E-state index contributed by atoms with van der Waals surface area (Å²) in [5.41, 5.74) is 5.43. The second-order valence-electron chi connectivity index (χ2n) is 5.10. The molecule has 0 aliphatic heterocycles. The summed E-state index contributed by atoms with van der Waals surface area (Å²) in [5, 5.41) is 13.4. The molecule has 0 radical (unpaired) electrons. The number of hydrogen-bond donors (Lipinski definition) is 3. The molecule has 17 heavy (non-hydrogen) atoms. The third-order valence-corrected chi connectivity index (χ3v) is 3.45. The van der Waals surface area contributed by atoms with Gasteiger partial charge < -0.3 is 16.2 Å². The van der Waals surface area contributed by atoms with Crippen LogP contribution in [-0.4, -0.2) is 27.2 Å². The van der Waals surface area contributed by atoms with Crippen LogP contribution in [0.15, 0.2) is 12.4 Å². The van der Waals surface area contributed by atoms with Crippen LogP contribution in [0.4, 0.5) is 11.6 Å².